The van der Waals surface area contributed by atoms with Crippen molar-refractivity contribution in [1.29, 1.82) is 0 Å². The summed E-state index contributed by atoms with van der Waals surface area (Å²) in [6.45, 7) is 7.51. The van der Waals surface area contributed by atoms with E-state index in [1.165, 1.54) is 38.6 Å². The molecule has 1 aromatic carbocycles. The van der Waals surface area contributed by atoms with Gasteiger partial charge in [0.1, 0.15) is 6.04 Å². The van der Waals surface area contributed by atoms with Crippen LogP contribution in [0.25, 0.3) is 11.0 Å². The molecule has 10 nitrogen and oxygen atoms in total. The second kappa shape index (κ2) is 10.2. The number of hydrogen-bond donors (Lipinski definition) is 2. The Kier molecular flexibility index (Phi) is 6.81. The number of fused-ring (bicyclic) bond motifs is 1. The Bertz CT molecular complexity index is 1220. The van der Waals surface area contributed by atoms with E-state index in [9.17, 15) is 14.4 Å². The lowest BCUT2D eigenvalue weighted by Crippen LogP contribution is -2.60. The maximum Gasteiger partial charge on any atom is 0.329 e. The Hall–Kier alpha value is -2.69. The van der Waals surface area contributed by atoms with Gasteiger partial charge in [-0.25, -0.2) is 4.79 Å². The van der Waals surface area contributed by atoms with Crippen LogP contribution in [0.4, 0.5) is 5.69 Å². The molecule has 5 heterocycles. The number of nitrogens with one attached hydrogen (secondary N) is 2. The van der Waals surface area contributed by atoms with Gasteiger partial charge in [0, 0.05) is 51.4 Å². The summed E-state index contributed by atoms with van der Waals surface area (Å²) >= 11 is 0. The fourth-order valence-electron chi connectivity index (χ4n) is 6.95. The summed E-state index contributed by atoms with van der Waals surface area (Å²) in [5, 5.41) is 5.89. The average molecular weight is 510 g/mol. The van der Waals surface area contributed by atoms with Crippen LogP contribution in [0.1, 0.15) is 51.0 Å². The molecule has 37 heavy (non-hydrogen) atoms. The van der Waals surface area contributed by atoms with Gasteiger partial charge in [0.25, 0.3) is 0 Å². The molecule has 2 aromatic rings. The Morgan fingerprint density at radius 2 is 1.65 bits per heavy atom. The number of aromatic nitrogens is 2. The van der Waals surface area contributed by atoms with Crippen LogP contribution in [0.5, 0.6) is 0 Å². The van der Waals surface area contributed by atoms with Crippen LogP contribution in [0.15, 0.2) is 23.0 Å². The Labute approximate surface area is 217 Å². The molecule has 0 saturated carbocycles. The van der Waals surface area contributed by atoms with Crippen molar-refractivity contribution in [3.63, 3.8) is 0 Å². The van der Waals surface area contributed by atoms with Crippen LogP contribution in [-0.4, -0.2) is 88.8 Å². The number of rotatable bonds is 4. The highest BCUT2D eigenvalue weighted by atomic mass is 16.2. The molecule has 0 bridgehead atoms. The monoisotopic (exact) mass is 509 g/mol. The average Bonchev–Trinajstić information content (AvgIpc) is 3.18. The maximum atomic E-state index is 13.1. The van der Waals surface area contributed by atoms with Crippen molar-refractivity contribution in [2.75, 3.05) is 50.7 Å². The van der Waals surface area contributed by atoms with Crippen molar-refractivity contribution < 1.29 is 9.59 Å². The predicted octanol–water partition coefficient (Wildman–Crippen LogP) is 1.00. The van der Waals surface area contributed by atoms with Crippen LogP contribution in [0.2, 0.25) is 0 Å². The number of piperidine rings is 3. The quantitative estimate of drug-likeness (QED) is 0.594. The fraction of sp³-hybridized carbons (Fsp3) is 0.667. The minimum absolute atomic E-state index is 0.221. The van der Waals surface area contributed by atoms with E-state index in [0.29, 0.717) is 18.6 Å². The van der Waals surface area contributed by atoms with Crippen LogP contribution < -0.4 is 21.2 Å². The standard InChI is InChI=1S/C27H39N7O3/c1-30-23-18-20(5-6-21(23)34(27(30)37)22-7-8-24(35)29-26(22)36)31-14-16-32(17-15-31)25-4-2-3-13-33(25)19-9-11-28-12-10-19/h5-6,18-19,22,25,28H,2-4,7-17H2,1H3,(H,29,35,36). The Balaban J connectivity index is 1.18. The predicted molar refractivity (Wildman–Crippen MR) is 143 cm³/mol. The first-order chi connectivity index (χ1) is 18.0. The summed E-state index contributed by atoms with van der Waals surface area (Å²) < 4.78 is 3.18. The molecular weight excluding hydrogens is 470 g/mol. The van der Waals surface area contributed by atoms with Gasteiger partial charge in [0.2, 0.25) is 11.8 Å². The lowest BCUT2D eigenvalue weighted by molar-refractivity contribution is -0.135. The molecule has 2 N–H and O–H groups in total. The molecule has 4 aliphatic rings. The molecule has 2 atom stereocenters. The summed E-state index contributed by atoms with van der Waals surface area (Å²) in [5.41, 5.74) is 2.45. The number of carbonyl (C=O) groups is 2. The largest absolute Gasteiger partial charge is 0.369 e. The Morgan fingerprint density at radius 3 is 2.41 bits per heavy atom. The van der Waals surface area contributed by atoms with E-state index in [2.05, 4.69) is 37.5 Å². The van der Waals surface area contributed by atoms with E-state index in [1.54, 1.807) is 16.2 Å². The number of piperazine rings is 1. The number of anilines is 1. The number of likely N-dealkylation sites (tertiary alicyclic amines) is 1. The molecule has 4 fully saturated rings. The van der Waals surface area contributed by atoms with Crippen LogP contribution >= 0.6 is 0 Å². The smallest absolute Gasteiger partial charge is 0.329 e. The Morgan fingerprint density at radius 1 is 0.865 bits per heavy atom. The van der Waals surface area contributed by atoms with Gasteiger partial charge < -0.3 is 10.2 Å². The minimum Gasteiger partial charge on any atom is -0.369 e. The zero-order valence-corrected chi connectivity index (χ0v) is 21.8. The first-order valence-electron chi connectivity index (χ1n) is 14.0. The molecule has 6 rings (SSSR count). The van der Waals surface area contributed by atoms with Crippen molar-refractivity contribution in [2.24, 2.45) is 7.05 Å². The number of imide groups is 1. The number of imidazole rings is 1. The number of benzene rings is 1. The van der Waals surface area contributed by atoms with Gasteiger partial charge in [-0.15, -0.1) is 0 Å². The van der Waals surface area contributed by atoms with E-state index >= 15 is 0 Å². The molecule has 4 aliphatic heterocycles. The molecule has 0 radical (unpaired) electrons. The second-order valence-electron chi connectivity index (χ2n) is 11.1. The minimum atomic E-state index is -0.651. The van der Waals surface area contributed by atoms with Crippen LogP contribution in [0.3, 0.4) is 0 Å². The first-order valence-corrected chi connectivity index (χ1v) is 14.0. The number of nitrogens with zero attached hydrogens (tertiary/aromatic N) is 5. The lowest BCUT2D eigenvalue weighted by Gasteiger charge is -2.49. The van der Waals surface area contributed by atoms with E-state index in [4.69, 9.17) is 0 Å². The summed E-state index contributed by atoms with van der Waals surface area (Å²) in [4.78, 5) is 45.1. The molecule has 200 valence electrons. The molecule has 10 heteroatoms. The van der Waals surface area contributed by atoms with Gasteiger partial charge in [0.15, 0.2) is 0 Å². The second-order valence-corrected chi connectivity index (χ2v) is 11.1. The normalized spacial score (nSPS) is 27.1. The van der Waals surface area contributed by atoms with E-state index < -0.39 is 11.9 Å². The van der Waals surface area contributed by atoms with Crippen molar-refractivity contribution in [1.82, 2.24) is 29.6 Å². The van der Waals surface area contributed by atoms with Gasteiger partial charge in [-0.05, 0) is 76.4 Å². The highest BCUT2D eigenvalue weighted by Crippen LogP contribution is 2.30. The first kappa shape index (κ1) is 24.6. The van der Waals surface area contributed by atoms with Gasteiger partial charge in [0.05, 0.1) is 17.2 Å². The lowest BCUT2D eigenvalue weighted by atomic mass is 9.98. The number of carbonyl (C=O) groups excluding carboxylic acids is 2. The highest BCUT2D eigenvalue weighted by Gasteiger charge is 2.35. The summed E-state index contributed by atoms with van der Waals surface area (Å²) in [5.74, 6) is -0.671. The van der Waals surface area contributed by atoms with Gasteiger partial charge in [-0.1, -0.05) is 0 Å². The number of aryl methyl sites for hydroxylation is 1. The SMILES string of the molecule is Cn1c(=O)n(C2CCC(=O)NC2=O)c2ccc(N3CCN(C4CCCCN4C4CCNCC4)CC3)cc21. The third kappa shape index (κ3) is 4.59. The molecule has 0 aliphatic carbocycles. The van der Waals surface area contributed by atoms with Crippen molar-refractivity contribution in [3.05, 3.63) is 28.7 Å². The molecule has 2 unspecified atom stereocenters. The van der Waals surface area contributed by atoms with Gasteiger partial charge in [-0.2, -0.15) is 0 Å². The zero-order valence-electron chi connectivity index (χ0n) is 21.8. The molecule has 1 aromatic heterocycles. The van der Waals surface area contributed by atoms with E-state index in [-0.39, 0.29) is 18.0 Å². The summed E-state index contributed by atoms with van der Waals surface area (Å²) in [6, 6.07) is 6.17. The summed E-state index contributed by atoms with van der Waals surface area (Å²) in [7, 11) is 1.76. The maximum absolute atomic E-state index is 13.1. The third-order valence-electron chi connectivity index (χ3n) is 8.98. The summed E-state index contributed by atoms with van der Waals surface area (Å²) in [6.07, 6.45) is 7.58. The molecular formula is C27H39N7O3. The van der Waals surface area contributed by atoms with Crippen molar-refractivity contribution >= 4 is 28.5 Å². The number of hydrogen-bond acceptors (Lipinski definition) is 7. The molecule has 0 spiro atoms. The zero-order chi connectivity index (χ0) is 25.5. The molecule has 2 amide bonds. The van der Waals surface area contributed by atoms with Crippen LogP contribution in [-0.2, 0) is 16.6 Å². The van der Waals surface area contributed by atoms with Gasteiger partial charge >= 0.3 is 5.69 Å². The fourth-order valence-corrected chi connectivity index (χ4v) is 6.95. The van der Waals surface area contributed by atoms with Crippen molar-refractivity contribution in [3.8, 4) is 0 Å². The number of amides is 2. The van der Waals surface area contributed by atoms with E-state index in [0.717, 1.165) is 56.0 Å². The topological polar surface area (TPSA) is 94.8 Å². The van der Waals surface area contributed by atoms with E-state index in [1.807, 2.05) is 6.07 Å². The third-order valence-corrected chi connectivity index (χ3v) is 8.98. The van der Waals surface area contributed by atoms with Crippen LogP contribution in [0, 0.1) is 0 Å². The highest BCUT2D eigenvalue weighted by molar-refractivity contribution is 6.00. The van der Waals surface area contributed by atoms with Crippen molar-refractivity contribution in [2.45, 2.75) is 63.2 Å². The molecule has 4 saturated heterocycles. The van der Waals surface area contributed by atoms with Gasteiger partial charge in [-0.3, -0.25) is 33.8 Å².